The summed E-state index contributed by atoms with van der Waals surface area (Å²) in [6.45, 7) is 6.95. The number of hydrogen-bond donors (Lipinski definition) is 2. The molecule has 1 aromatic rings. The molecular formula is C14H22ClNO2. The molecule has 0 bridgehead atoms. The van der Waals surface area contributed by atoms with Crippen LogP contribution in [0.25, 0.3) is 0 Å². The highest BCUT2D eigenvalue weighted by Gasteiger charge is 2.16. The normalized spacial score (nSPS) is 13.4. The van der Waals surface area contributed by atoms with E-state index in [0.717, 1.165) is 6.54 Å². The van der Waals surface area contributed by atoms with Gasteiger partial charge in [-0.25, -0.2) is 0 Å². The summed E-state index contributed by atoms with van der Waals surface area (Å²) in [5.41, 5.74) is -0.643. The van der Waals surface area contributed by atoms with E-state index in [1.165, 1.54) is 0 Å². The van der Waals surface area contributed by atoms with Crippen molar-refractivity contribution in [1.29, 1.82) is 0 Å². The minimum absolute atomic E-state index is 0.250. The van der Waals surface area contributed by atoms with Gasteiger partial charge in [0.1, 0.15) is 12.4 Å². The first kappa shape index (κ1) is 15.3. The fourth-order valence-corrected chi connectivity index (χ4v) is 2.04. The summed E-state index contributed by atoms with van der Waals surface area (Å²) in [6, 6.07) is 7.67. The second-order valence-corrected chi connectivity index (χ2v) is 5.56. The van der Waals surface area contributed by atoms with E-state index in [9.17, 15) is 5.11 Å². The summed E-state index contributed by atoms with van der Waals surface area (Å²) >= 11 is 5.97. The van der Waals surface area contributed by atoms with Crippen molar-refractivity contribution in [2.75, 3.05) is 13.2 Å². The molecule has 0 amide bonds. The molecule has 0 heterocycles. The van der Waals surface area contributed by atoms with Crippen molar-refractivity contribution in [2.45, 2.75) is 38.8 Å². The molecule has 1 atom stereocenters. The van der Waals surface area contributed by atoms with Gasteiger partial charge in [0, 0.05) is 12.6 Å². The molecule has 1 aromatic carbocycles. The Kier molecular flexibility index (Phi) is 5.93. The molecule has 102 valence electrons. The van der Waals surface area contributed by atoms with Crippen LogP contribution in [0.4, 0.5) is 0 Å². The molecule has 18 heavy (non-hydrogen) atoms. The number of hydrogen-bond acceptors (Lipinski definition) is 3. The lowest BCUT2D eigenvalue weighted by molar-refractivity contribution is 0.0608. The van der Waals surface area contributed by atoms with Crippen molar-refractivity contribution in [3.05, 3.63) is 29.3 Å². The smallest absolute Gasteiger partial charge is 0.137 e. The Bertz CT molecular complexity index is 363. The lowest BCUT2D eigenvalue weighted by Crippen LogP contribution is -2.36. The van der Waals surface area contributed by atoms with Crippen LogP contribution >= 0.6 is 11.6 Å². The maximum absolute atomic E-state index is 9.67. The standard InChI is InChI=1S/C14H22ClNO2/c1-11(10-14(2,3)17)16-8-9-18-13-7-5-4-6-12(13)15/h4-7,11,16-17H,8-10H2,1-3H3/t11-/m0/s1. The Morgan fingerprint density at radius 3 is 2.67 bits per heavy atom. The summed E-state index contributed by atoms with van der Waals surface area (Å²) < 4.78 is 5.56. The molecule has 1 rings (SSSR count). The van der Waals surface area contributed by atoms with Gasteiger partial charge in [0.15, 0.2) is 0 Å². The van der Waals surface area contributed by atoms with Gasteiger partial charge in [0.05, 0.1) is 10.6 Å². The highest BCUT2D eigenvalue weighted by atomic mass is 35.5. The van der Waals surface area contributed by atoms with Gasteiger partial charge >= 0.3 is 0 Å². The predicted molar refractivity (Wildman–Crippen MR) is 75.3 cm³/mol. The number of halogens is 1. The Labute approximate surface area is 114 Å². The van der Waals surface area contributed by atoms with Gasteiger partial charge in [-0.2, -0.15) is 0 Å². The van der Waals surface area contributed by atoms with Crippen LogP contribution in [0.5, 0.6) is 5.75 Å². The van der Waals surface area contributed by atoms with Crippen LogP contribution < -0.4 is 10.1 Å². The van der Waals surface area contributed by atoms with Crippen LogP contribution in [0, 0.1) is 0 Å². The maximum atomic E-state index is 9.67. The van der Waals surface area contributed by atoms with E-state index in [0.29, 0.717) is 23.8 Å². The van der Waals surface area contributed by atoms with E-state index < -0.39 is 5.60 Å². The number of rotatable bonds is 7. The van der Waals surface area contributed by atoms with Gasteiger partial charge in [-0.15, -0.1) is 0 Å². The number of benzene rings is 1. The van der Waals surface area contributed by atoms with Gasteiger partial charge < -0.3 is 15.2 Å². The summed E-state index contributed by atoms with van der Waals surface area (Å²) in [5.74, 6) is 0.705. The van der Waals surface area contributed by atoms with Crippen molar-refractivity contribution in [3.8, 4) is 5.75 Å². The second kappa shape index (κ2) is 6.98. The van der Waals surface area contributed by atoms with E-state index in [1.807, 2.05) is 39.0 Å². The Morgan fingerprint density at radius 1 is 1.39 bits per heavy atom. The fraction of sp³-hybridized carbons (Fsp3) is 0.571. The van der Waals surface area contributed by atoms with Gasteiger partial charge in [-0.05, 0) is 39.3 Å². The molecule has 0 saturated carbocycles. The Morgan fingerprint density at radius 2 is 2.06 bits per heavy atom. The first-order valence-electron chi connectivity index (χ1n) is 6.21. The van der Waals surface area contributed by atoms with E-state index in [-0.39, 0.29) is 6.04 Å². The first-order chi connectivity index (χ1) is 8.38. The zero-order valence-electron chi connectivity index (χ0n) is 11.2. The van der Waals surface area contributed by atoms with E-state index >= 15 is 0 Å². The molecule has 0 aliphatic rings. The second-order valence-electron chi connectivity index (χ2n) is 5.15. The number of aliphatic hydroxyl groups is 1. The van der Waals surface area contributed by atoms with Crippen LogP contribution in [0.2, 0.25) is 5.02 Å². The van der Waals surface area contributed by atoms with E-state index in [1.54, 1.807) is 6.07 Å². The monoisotopic (exact) mass is 271 g/mol. The van der Waals surface area contributed by atoms with Crippen LogP contribution in [-0.4, -0.2) is 29.9 Å². The molecule has 0 saturated heterocycles. The van der Waals surface area contributed by atoms with Crippen molar-refractivity contribution >= 4 is 11.6 Å². The molecule has 0 aliphatic heterocycles. The molecule has 0 unspecified atom stereocenters. The van der Waals surface area contributed by atoms with Gasteiger partial charge in [0.2, 0.25) is 0 Å². The van der Waals surface area contributed by atoms with Gasteiger partial charge in [-0.3, -0.25) is 0 Å². The number of ether oxygens (including phenoxy) is 1. The van der Waals surface area contributed by atoms with Gasteiger partial charge in [0.25, 0.3) is 0 Å². The fourth-order valence-electron chi connectivity index (χ4n) is 1.85. The largest absolute Gasteiger partial charge is 0.491 e. The van der Waals surface area contributed by atoms with Crippen molar-refractivity contribution < 1.29 is 9.84 Å². The lowest BCUT2D eigenvalue weighted by Gasteiger charge is -2.23. The van der Waals surface area contributed by atoms with Gasteiger partial charge in [-0.1, -0.05) is 23.7 Å². The Hall–Kier alpha value is -0.770. The van der Waals surface area contributed by atoms with Crippen LogP contribution in [0.15, 0.2) is 24.3 Å². The molecule has 0 aliphatic carbocycles. The summed E-state index contributed by atoms with van der Waals surface area (Å²) in [4.78, 5) is 0. The summed E-state index contributed by atoms with van der Waals surface area (Å²) in [7, 11) is 0. The lowest BCUT2D eigenvalue weighted by atomic mass is 10.0. The zero-order chi connectivity index (χ0) is 13.6. The minimum atomic E-state index is -0.643. The third-order valence-electron chi connectivity index (χ3n) is 2.49. The predicted octanol–water partition coefficient (Wildman–Crippen LogP) is 2.86. The van der Waals surface area contributed by atoms with Crippen molar-refractivity contribution in [3.63, 3.8) is 0 Å². The number of nitrogens with one attached hydrogen (secondary N) is 1. The summed E-state index contributed by atoms with van der Waals surface area (Å²) in [5, 5.41) is 13.6. The highest BCUT2D eigenvalue weighted by Crippen LogP contribution is 2.22. The minimum Gasteiger partial charge on any atom is -0.491 e. The average molecular weight is 272 g/mol. The topological polar surface area (TPSA) is 41.5 Å². The van der Waals surface area contributed by atoms with Crippen LogP contribution in [0.3, 0.4) is 0 Å². The third-order valence-corrected chi connectivity index (χ3v) is 2.81. The van der Waals surface area contributed by atoms with Crippen molar-refractivity contribution in [2.24, 2.45) is 0 Å². The average Bonchev–Trinajstić information content (AvgIpc) is 2.24. The molecule has 4 heteroatoms. The first-order valence-corrected chi connectivity index (χ1v) is 6.59. The van der Waals surface area contributed by atoms with Crippen LogP contribution in [-0.2, 0) is 0 Å². The van der Waals surface area contributed by atoms with Crippen LogP contribution in [0.1, 0.15) is 27.2 Å². The Balaban J connectivity index is 2.21. The zero-order valence-corrected chi connectivity index (χ0v) is 12.0. The molecule has 0 aromatic heterocycles. The van der Waals surface area contributed by atoms with E-state index in [4.69, 9.17) is 16.3 Å². The van der Waals surface area contributed by atoms with E-state index in [2.05, 4.69) is 5.32 Å². The third kappa shape index (κ3) is 6.24. The maximum Gasteiger partial charge on any atom is 0.137 e. The molecule has 2 N–H and O–H groups in total. The summed E-state index contributed by atoms with van der Waals surface area (Å²) in [6.07, 6.45) is 0.707. The van der Waals surface area contributed by atoms with Crippen molar-refractivity contribution in [1.82, 2.24) is 5.32 Å². The molecule has 0 spiro atoms. The molecule has 0 radical (unpaired) electrons. The highest BCUT2D eigenvalue weighted by molar-refractivity contribution is 6.32. The SMILES string of the molecule is C[C@@H](CC(C)(C)O)NCCOc1ccccc1Cl. The molecule has 0 fully saturated rings. The quantitative estimate of drug-likeness (QED) is 0.750. The molecular weight excluding hydrogens is 250 g/mol. The molecule has 3 nitrogen and oxygen atoms in total. The number of para-hydroxylation sites is 1.